The number of carbonyl (C=O) groups is 1. The quantitative estimate of drug-likeness (QED) is 0.872. The molecule has 5 rings (SSSR count). The Bertz CT molecular complexity index is 621. The van der Waals surface area contributed by atoms with Gasteiger partial charge in [-0.25, -0.2) is 0 Å². The van der Waals surface area contributed by atoms with Crippen LogP contribution in [0.25, 0.3) is 11.5 Å². The summed E-state index contributed by atoms with van der Waals surface area (Å²) in [7, 11) is 2.09. The lowest BCUT2D eigenvalue weighted by Gasteiger charge is -2.44. The van der Waals surface area contributed by atoms with Crippen LogP contribution in [0.4, 0.5) is 0 Å². The minimum atomic E-state index is -0.00106. The maximum atomic E-state index is 10.3. The number of aldehydes is 1. The maximum Gasteiger partial charge on any atom is 0.280 e. The molecule has 1 unspecified atom stereocenters. The van der Waals surface area contributed by atoms with E-state index in [2.05, 4.69) is 27.5 Å². The summed E-state index contributed by atoms with van der Waals surface area (Å²) in [6, 6.07) is 10.1. The highest BCUT2D eigenvalue weighted by Gasteiger charge is 2.32. The third-order valence-electron chi connectivity index (χ3n) is 4.59. The van der Waals surface area contributed by atoms with Gasteiger partial charge in [-0.1, -0.05) is 18.2 Å². The molecule has 1 aromatic carbocycles. The highest BCUT2D eigenvalue weighted by molar-refractivity contribution is 5.68. The molecule has 6 nitrogen and oxygen atoms in total. The van der Waals surface area contributed by atoms with Crippen LogP contribution in [-0.4, -0.2) is 54.1 Å². The highest BCUT2D eigenvalue weighted by atomic mass is 16.4. The number of rotatable bonds is 3. The third-order valence-corrected chi connectivity index (χ3v) is 4.59. The van der Waals surface area contributed by atoms with Gasteiger partial charge in [0.05, 0.1) is 0 Å². The molecular weight excluding hydrogens is 292 g/mol. The van der Waals surface area contributed by atoms with E-state index < -0.39 is 0 Å². The van der Waals surface area contributed by atoms with Crippen molar-refractivity contribution < 1.29 is 9.21 Å². The lowest BCUT2D eigenvalue weighted by atomic mass is 9.84. The number of benzene rings is 1. The molecule has 1 aromatic heterocycles. The molecule has 6 heteroatoms. The Morgan fingerprint density at radius 2 is 1.96 bits per heavy atom. The lowest BCUT2D eigenvalue weighted by Crippen LogP contribution is -2.55. The molecule has 1 N–H and O–H groups in total. The molecule has 3 aliphatic rings. The molecule has 2 bridgehead atoms. The molecule has 0 radical (unpaired) electrons. The molecule has 0 spiro atoms. The van der Waals surface area contributed by atoms with Crippen LogP contribution >= 0.6 is 0 Å². The van der Waals surface area contributed by atoms with E-state index in [0.717, 1.165) is 17.5 Å². The minimum absolute atomic E-state index is 0.00106. The molecule has 3 saturated heterocycles. The predicted molar refractivity (Wildman–Crippen MR) is 87.1 cm³/mol. The van der Waals surface area contributed by atoms with Crippen molar-refractivity contribution in [1.82, 2.24) is 20.4 Å². The van der Waals surface area contributed by atoms with Gasteiger partial charge in [-0.15, -0.1) is 10.2 Å². The third kappa shape index (κ3) is 3.83. The average Bonchev–Trinajstić information content (AvgIpc) is 3.13. The van der Waals surface area contributed by atoms with Crippen molar-refractivity contribution in [1.29, 1.82) is 0 Å². The fraction of sp³-hybridized carbons (Fsp3) is 0.471. The molecule has 3 aliphatic heterocycles. The van der Waals surface area contributed by atoms with Gasteiger partial charge >= 0.3 is 0 Å². The van der Waals surface area contributed by atoms with Crippen molar-refractivity contribution in [3.63, 3.8) is 0 Å². The van der Waals surface area contributed by atoms with Crippen LogP contribution < -0.4 is 5.32 Å². The van der Waals surface area contributed by atoms with E-state index in [-0.39, 0.29) is 5.89 Å². The largest absolute Gasteiger partial charge is 0.414 e. The van der Waals surface area contributed by atoms with Crippen LogP contribution in [0.15, 0.2) is 34.7 Å². The van der Waals surface area contributed by atoms with Crippen LogP contribution in [0, 0.1) is 5.92 Å². The summed E-state index contributed by atoms with van der Waals surface area (Å²) >= 11 is 0. The Labute approximate surface area is 135 Å². The number of nitrogens with zero attached hydrogens (tertiary/aromatic N) is 3. The Morgan fingerprint density at radius 3 is 2.43 bits per heavy atom. The molecule has 0 amide bonds. The van der Waals surface area contributed by atoms with E-state index in [9.17, 15) is 4.79 Å². The number of carbonyl (C=O) groups excluding carboxylic acids is 1. The maximum absolute atomic E-state index is 10.3. The van der Waals surface area contributed by atoms with Crippen LogP contribution in [0.5, 0.6) is 0 Å². The van der Waals surface area contributed by atoms with Gasteiger partial charge in [-0.3, -0.25) is 4.79 Å². The summed E-state index contributed by atoms with van der Waals surface area (Å²) < 4.78 is 5.03. The topological polar surface area (TPSA) is 71.3 Å². The van der Waals surface area contributed by atoms with Gasteiger partial charge in [0.15, 0.2) is 0 Å². The van der Waals surface area contributed by atoms with E-state index in [1.165, 1.54) is 32.5 Å². The Morgan fingerprint density at radius 1 is 1.22 bits per heavy atom. The van der Waals surface area contributed by atoms with E-state index in [0.29, 0.717) is 12.2 Å². The summed E-state index contributed by atoms with van der Waals surface area (Å²) in [5.74, 6) is 1.34. The highest BCUT2D eigenvalue weighted by Crippen LogP contribution is 2.26. The zero-order valence-electron chi connectivity index (χ0n) is 13.3. The van der Waals surface area contributed by atoms with Crippen LogP contribution in [0.2, 0.25) is 0 Å². The molecule has 0 aliphatic carbocycles. The molecule has 0 saturated carbocycles. The van der Waals surface area contributed by atoms with Gasteiger partial charge < -0.3 is 14.6 Å². The normalized spacial score (nSPS) is 25.5. The van der Waals surface area contributed by atoms with Gasteiger partial charge in [0, 0.05) is 18.2 Å². The SMILES string of the molecule is CNC1CN2CCC1CC2.O=Cc1nnc(-c2ccccc2)o1. The average molecular weight is 314 g/mol. The number of hydrogen-bond donors (Lipinski definition) is 1. The standard InChI is InChI=1S/C9H6N2O2.C8H16N2/c12-6-8-10-11-9(13-8)7-4-2-1-3-5-7;1-9-8-6-10-4-2-7(8)3-5-10/h1-6H;7-9H,2-6H2,1H3. The van der Waals surface area contributed by atoms with Gasteiger partial charge in [0.2, 0.25) is 12.2 Å². The van der Waals surface area contributed by atoms with E-state index in [4.69, 9.17) is 4.42 Å². The Balaban J connectivity index is 0.000000140. The van der Waals surface area contributed by atoms with Crippen LogP contribution in [0.3, 0.4) is 0 Å². The molecule has 2 aromatic rings. The van der Waals surface area contributed by atoms with Gasteiger partial charge in [-0.2, -0.15) is 0 Å². The fourth-order valence-corrected chi connectivity index (χ4v) is 3.27. The number of aromatic nitrogens is 2. The van der Waals surface area contributed by atoms with E-state index in [1.54, 1.807) is 0 Å². The molecule has 23 heavy (non-hydrogen) atoms. The smallest absolute Gasteiger partial charge is 0.280 e. The zero-order chi connectivity index (χ0) is 16.1. The van der Waals surface area contributed by atoms with E-state index in [1.807, 2.05) is 30.3 Å². The number of likely N-dealkylation sites (N-methyl/N-ethyl adjacent to an activating group) is 1. The summed E-state index contributed by atoms with van der Waals surface area (Å²) in [6.45, 7) is 3.99. The number of fused-ring (bicyclic) bond motifs is 3. The van der Waals surface area contributed by atoms with Gasteiger partial charge in [0.25, 0.3) is 5.89 Å². The second kappa shape index (κ2) is 7.48. The monoisotopic (exact) mass is 314 g/mol. The summed E-state index contributed by atoms with van der Waals surface area (Å²) in [6.07, 6.45) is 3.37. The van der Waals surface area contributed by atoms with Crippen molar-refractivity contribution in [2.24, 2.45) is 5.92 Å². The van der Waals surface area contributed by atoms with Gasteiger partial charge in [0.1, 0.15) is 0 Å². The first kappa shape index (κ1) is 15.8. The summed E-state index contributed by atoms with van der Waals surface area (Å²) in [4.78, 5) is 12.8. The second-order valence-electron chi connectivity index (χ2n) is 5.96. The van der Waals surface area contributed by atoms with Crippen molar-refractivity contribution in [3.05, 3.63) is 36.2 Å². The van der Waals surface area contributed by atoms with Crippen molar-refractivity contribution in [3.8, 4) is 11.5 Å². The van der Waals surface area contributed by atoms with Crippen molar-refractivity contribution in [2.75, 3.05) is 26.7 Å². The second-order valence-corrected chi connectivity index (χ2v) is 5.96. The minimum Gasteiger partial charge on any atom is -0.414 e. The van der Waals surface area contributed by atoms with Crippen molar-refractivity contribution >= 4 is 6.29 Å². The number of piperidine rings is 3. The molecular formula is C17H22N4O2. The summed E-state index contributed by atoms with van der Waals surface area (Å²) in [5, 5.41) is 10.6. The first-order chi connectivity index (χ1) is 11.3. The molecule has 1 atom stereocenters. The van der Waals surface area contributed by atoms with Crippen LogP contribution in [0.1, 0.15) is 23.5 Å². The van der Waals surface area contributed by atoms with Gasteiger partial charge in [-0.05, 0) is 51.0 Å². The van der Waals surface area contributed by atoms with Crippen LogP contribution in [-0.2, 0) is 0 Å². The number of nitrogens with one attached hydrogen (secondary N) is 1. The lowest BCUT2D eigenvalue weighted by molar-refractivity contribution is 0.0764. The zero-order valence-corrected chi connectivity index (χ0v) is 13.3. The summed E-state index contributed by atoms with van der Waals surface area (Å²) in [5.41, 5.74) is 0.808. The Kier molecular flexibility index (Phi) is 5.15. The van der Waals surface area contributed by atoms with Crippen molar-refractivity contribution in [2.45, 2.75) is 18.9 Å². The molecule has 3 fully saturated rings. The first-order valence-electron chi connectivity index (χ1n) is 8.04. The number of hydrogen-bond acceptors (Lipinski definition) is 6. The Hall–Kier alpha value is -2.05. The van der Waals surface area contributed by atoms with E-state index >= 15 is 0 Å². The molecule has 4 heterocycles. The fourth-order valence-electron chi connectivity index (χ4n) is 3.27. The molecule has 122 valence electrons. The predicted octanol–water partition coefficient (Wildman–Crippen LogP) is 1.85. The first-order valence-corrected chi connectivity index (χ1v) is 8.04.